The minimum atomic E-state index is -0.296. The van der Waals surface area contributed by atoms with Gasteiger partial charge in [-0.05, 0) is 106 Å². The van der Waals surface area contributed by atoms with Gasteiger partial charge in [0.05, 0.1) is 16.7 Å². The average molecular weight is 741 g/mol. The average Bonchev–Trinajstić information content (AvgIpc) is 3.78. The van der Waals surface area contributed by atoms with Crippen molar-refractivity contribution in [3.63, 3.8) is 0 Å². The van der Waals surface area contributed by atoms with E-state index in [4.69, 9.17) is 0 Å². The summed E-state index contributed by atoms with van der Waals surface area (Å²) in [6, 6.07) is 81.9. The van der Waals surface area contributed by atoms with Crippen LogP contribution >= 0.6 is 0 Å². The van der Waals surface area contributed by atoms with Crippen molar-refractivity contribution in [3.8, 4) is 39.1 Å². The molecule has 11 rings (SSSR count). The highest BCUT2D eigenvalue weighted by molar-refractivity contribution is 6.09. The van der Waals surface area contributed by atoms with E-state index in [0.29, 0.717) is 0 Å². The van der Waals surface area contributed by atoms with Gasteiger partial charge in [0.25, 0.3) is 0 Å². The number of nitrogens with zero attached hydrogens (tertiary/aromatic N) is 2. The highest BCUT2D eigenvalue weighted by Crippen LogP contribution is 2.56. The third kappa shape index (κ3) is 5.33. The topological polar surface area (TPSA) is 8.17 Å². The van der Waals surface area contributed by atoms with E-state index in [1.54, 1.807) is 0 Å². The minimum absolute atomic E-state index is 0.296. The molecule has 1 atom stereocenters. The Balaban J connectivity index is 1.04. The largest absolute Gasteiger partial charge is 0.310 e. The Morgan fingerprint density at radius 3 is 1.64 bits per heavy atom. The fraction of sp³-hybridized carbons (Fsp3) is 0.0357. The van der Waals surface area contributed by atoms with Gasteiger partial charge in [0.15, 0.2) is 0 Å². The lowest BCUT2D eigenvalue weighted by Crippen LogP contribution is -2.22. The second-order valence-corrected chi connectivity index (χ2v) is 15.5. The summed E-state index contributed by atoms with van der Waals surface area (Å²) in [5, 5.41) is 2.54. The van der Waals surface area contributed by atoms with E-state index in [1.165, 1.54) is 71.9 Å². The molecular weight excluding hydrogens is 701 g/mol. The minimum Gasteiger partial charge on any atom is -0.310 e. The molecule has 2 nitrogen and oxygen atoms in total. The Morgan fingerprint density at radius 2 is 0.931 bits per heavy atom. The van der Waals surface area contributed by atoms with E-state index in [1.807, 2.05) is 0 Å². The Hall–Kier alpha value is -7.42. The number of hydrogen-bond donors (Lipinski definition) is 0. The highest BCUT2D eigenvalue weighted by atomic mass is 15.1. The zero-order valence-corrected chi connectivity index (χ0v) is 32.3. The van der Waals surface area contributed by atoms with Crippen LogP contribution in [0.3, 0.4) is 0 Å². The lowest BCUT2D eigenvalue weighted by molar-refractivity contribution is 0.714. The fourth-order valence-corrected chi connectivity index (χ4v) is 9.48. The molecule has 58 heavy (non-hydrogen) atoms. The van der Waals surface area contributed by atoms with Gasteiger partial charge in [-0.3, -0.25) is 0 Å². The number of rotatable bonds is 7. The molecule has 0 saturated carbocycles. The number of hydrogen-bond acceptors (Lipinski definition) is 1. The quantitative estimate of drug-likeness (QED) is 0.158. The summed E-state index contributed by atoms with van der Waals surface area (Å²) in [7, 11) is 0. The SMILES string of the molecule is CC1(c2ccccc2)c2ccccc2-c2c(N(c3ccc(-c4ccc(-n5c6ccccc6c6ccccc65)cc4)cc3)c3cccc(-c4ccccc4)c3)cccc21. The molecule has 1 unspecified atom stereocenters. The van der Waals surface area contributed by atoms with Crippen LogP contribution in [-0.4, -0.2) is 4.57 Å². The van der Waals surface area contributed by atoms with E-state index < -0.39 is 0 Å². The molecule has 1 aliphatic rings. The molecule has 9 aromatic carbocycles. The fourth-order valence-electron chi connectivity index (χ4n) is 9.48. The maximum absolute atomic E-state index is 2.45. The third-order valence-corrected chi connectivity index (χ3v) is 12.3. The van der Waals surface area contributed by atoms with Crippen molar-refractivity contribution in [3.05, 3.63) is 241 Å². The van der Waals surface area contributed by atoms with Crippen molar-refractivity contribution in [1.29, 1.82) is 0 Å². The molecule has 0 saturated heterocycles. The summed E-state index contributed by atoms with van der Waals surface area (Å²) in [4.78, 5) is 2.45. The molecule has 10 aromatic rings. The normalized spacial score (nSPS) is 14.4. The second kappa shape index (κ2) is 13.7. The first-order valence-electron chi connectivity index (χ1n) is 20.1. The first-order chi connectivity index (χ1) is 28.7. The molecule has 0 radical (unpaired) electrons. The van der Waals surface area contributed by atoms with E-state index in [-0.39, 0.29) is 5.41 Å². The Labute approximate surface area is 339 Å². The number of para-hydroxylation sites is 2. The van der Waals surface area contributed by atoms with Gasteiger partial charge in [-0.1, -0.05) is 170 Å². The molecule has 2 heteroatoms. The third-order valence-electron chi connectivity index (χ3n) is 12.3. The summed E-state index contributed by atoms with van der Waals surface area (Å²) in [5.74, 6) is 0. The molecule has 0 bridgehead atoms. The van der Waals surface area contributed by atoms with Gasteiger partial charge in [-0.25, -0.2) is 0 Å². The standard InChI is InChI=1S/C56H40N2/c1-56(43-19-6-3-7-20-43)50-25-11-8-24-49(50)55-51(56)26-15-29-54(55)57(46-21-14-18-42(38-46)39-16-4-2-5-17-39)44-34-30-40(31-35-44)41-32-36-45(37-33-41)58-52-27-12-9-22-47(52)48-23-10-13-28-53(48)58/h2-38H,1H3. The molecule has 0 spiro atoms. The van der Waals surface area contributed by atoms with Gasteiger partial charge in [-0.2, -0.15) is 0 Å². The van der Waals surface area contributed by atoms with Crippen LogP contribution in [0.15, 0.2) is 224 Å². The number of fused-ring (bicyclic) bond motifs is 6. The maximum atomic E-state index is 2.45. The summed E-state index contributed by atoms with van der Waals surface area (Å²) >= 11 is 0. The summed E-state index contributed by atoms with van der Waals surface area (Å²) in [6.07, 6.45) is 0. The van der Waals surface area contributed by atoms with Gasteiger partial charge < -0.3 is 9.47 Å². The van der Waals surface area contributed by atoms with E-state index >= 15 is 0 Å². The number of anilines is 3. The van der Waals surface area contributed by atoms with Crippen molar-refractivity contribution in [2.75, 3.05) is 4.90 Å². The molecule has 1 aromatic heterocycles. The predicted octanol–water partition coefficient (Wildman–Crippen LogP) is 14.9. The van der Waals surface area contributed by atoms with Crippen LogP contribution in [0.4, 0.5) is 17.1 Å². The summed E-state index contributed by atoms with van der Waals surface area (Å²) < 4.78 is 2.37. The van der Waals surface area contributed by atoms with Crippen molar-refractivity contribution in [1.82, 2.24) is 4.57 Å². The van der Waals surface area contributed by atoms with Crippen molar-refractivity contribution in [2.24, 2.45) is 0 Å². The van der Waals surface area contributed by atoms with Crippen LogP contribution in [0.1, 0.15) is 23.6 Å². The Kier molecular flexibility index (Phi) is 7.97. The van der Waals surface area contributed by atoms with Crippen LogP contribution in [0.5, 0.6) is 0 Å². The first kappa shape index (κ1) is 33.9. The Bertz CT molecular complexity index is 3050. The van der Waals surface area contributed by atoms with Gasteiger partial charge in [0, 0.05) is 38.8 Å². The Morgan fingerprint density at radius 1 is 0.397 bits per heavy atom. The van der Waals surface area contributed by atoms with Gasteiger partial charge in [0.2, 0.25) is 0 Å². The van der Waals surface area contributed by atoms with Crippen LogP contribution < -0.4 is 4.90 Å². The lowest BCUT2D eigenvalue weighted by atomic mass is 9.74. The van der Waals surface area contributed by atoms with E-state index in [0.717, 1.165) is 22.7 Å². The smallest absolute Gasteiger partial charge is 0.0543 e. The zero-order valence-electron chi connectivity index (χ0n) is 32.3. The number of benzene rings is 9. The van der Waals surface area contributed by atoms with Gasteiger partial charge >= 0.3 is 0 Å². The van der Waals surface area contributed by atoms with E-state index in [9.17, 15) is 0 Å². The lowest BCUT2D eigenvalue weighted by Gasteiger charge is -2.30. The van der Waals surface area contributed by atoms with Crippen molar-refractivity contribution < 1.29 is 0 Å². The van der Waals surface area contributed by atoms with Crippen LogP contribution in [-0.2, 0) is 5.41 Å². The summed E-state index contributed by atoms with van der Waals surface area (Å²) in [5.41, 5.74) is 17.9. The van der Waals surface area contributed by atoms with E-state index in [2.05, 4.69) is 241 Å². The number of aromatic nitrogens is 1. The molecule has 1 heterocycles. The molecule has 0 N–H and O–H groups in total. The molecular formula is C56H40N2. The summed E-state index contributed by atoms with van der Waals surface area (Å²) in [6.45, 7) is 2.39. The monoisotopic (exact) mass is 740 g/mol. The molecule has 274 valence electrons. The molecule has 1 aliphatic carbocycles. The maximum Gasteiger partial charge on any atom is 0.0543 e. The molecule has 0 amide bonds. The van der Waals surface area contributed by atoms with Crippen LogP contribution in [0.2, 0.25) is 0 Å². The van der Waals surface area contributed by atoms with Crippen LogP contribution in [0.25, 0.3) is 60.9 Å². The van der Waals surface area contributed by atoms with Gasteiger partial charge in [0.1, 0.15) is 0 Å². The van der Waals surface area contributed by atoms with Crippen molar-refractivity contribution >= 4 is 38.9 Å². The molecule has 0 fully saturated rings. The predicted molar refractivity (Wildman–Crippen MR) is 244 cm³/mol. The van der Waals surface area contributed by atoms with Crippen molar-refractivity contribution in [2.45, 2.75) is 12.3 Å². The highest BCUT2D eigenvalue weighted by Gasteiger charge is 2.42. The zero-order chi connectivity index (χ0) is 38.6. The molecule has 0 aliphatic heterocycles. The second-order valence-electron chi connectivity index (χ2n) is 15.5. The first-order valence-corrected chi connectivity index (χ1v) is 20.1. The van der Waals surface area contributed by atoms with Crippen LogP contribution in [0, 0.1) is 0 Å². The van der Waals surface area contributed by atoms with Gasteiger partial charge in [-0.15, -0.1) is 0 Å².